The molecule has 21 heavy (non-hydrogen) atoms. The van der Waals surface area contributed by atoms with Crippen LogP contribution in [0.25, 0.3) is 0 Å². The van der Waals surface area contributed by atoms with E-state index in [0.29, 0.717) is 0 Å². The lowest BCUT2D eigenvalue weighted by molar-refractivity contribution is -0.141. The van der Waals surface area contributed by atoms with Crippen LogP contribution in [0.5, 0.6) is 5.75 Å². The van der Waals surface area contributed by atoms with Gasteiger partial charge in [-0.2, -0.15) is 11.8 Å². The first-order chi connectivity index (χ1) is 10.0. The van der Waals surface area contributed by atoms with Crippen LogP contribution in [0.4, 0.5) is 0 Å². The molecule has 1 aromatic carbocycles. The Bertz CT molecular complexity index is 461. The number of unbranched alkanes of at least 4 members (excludes halogenated alkanes) is 1. The summed E-state index contributed by atoms with van der Waals surface area (Å²) in [4.78, 5) is 22.9. The number of carboxylic acid groups (broad SMARTS) is 1. The van der Waals surface area contributed by atoms with Crippen molar-refractivity contribution in [3.05, 3.63) is 29.8 Å². The predicted molar refractivity (Wildman–Crippen MR) is 83.6 cm³/mol. The SMILES string of the molecule is CCCCSCC(=O)N[C@H](Cc1ccc(O)cc1)C(=O)O. The Morgan fingerprint density at radius 3 is 2.52 bits per heavy atom. The molecule has 116 valence electrons. The zero-order chi connectivity index (χ0) is 15.7. The van der Waals surface area contributed by atoms with E-state index in [1.807, 2.05) is 0 Å². The molecule has 0 saturated carbocycles. The van der Waals surface area contributed by atoms with Crippen LogP contribution >= 0.6 is 11.8 Å². The van der Waals surface area contributed by atoms with Crippen LogP contribution in [-0.2, 0) is 16.0 Å². The van der Waals surface area contributed by atoms with E-state index in [4.69, 9.17) is 0 Å². The zero-order valence-electron chi connectivity index (χ0n) is 12.0. The summed E-state index contributed by atoms with van der Waals surface area (Å²) >= 11 is 1.51. The van der Waals surface area contributed by atoms with Crippen molar-refractivity contribution < 1.29 is 19.8 Å². The zero-order valence-corrected chi connectivity index (χ0v) is 12.9. The normalized spacial score (nSPS) is 11.9. The van der Waals surface area contributed by atoms with Crippen LogP contribution in [0.15, 0.2) is 24.3 Å². The van der Waals surface area contributed by atoms with Gasteiger partial charge in [-0.15, -0.1) is 0 Å². The van der Waals surface area contributed by atoms with Gasteiger partial charge in [0.05, 0.1) is 5.75 Å². The fourth-order valence-corrected chi connectivity index (χ4v) is 2.62. The van der Waals surface area contributed by atoms with Crippen molar-refractivity contribution in [1.82, 2.24) is 5.32 Å². The minimum Gasteiger partial charge on any atom is -0.508 e. The van der Waals surface area contributed by atoms with E-state index in [1.54, 1.807) is 12.1 Å². The van der Waals surface area contributed by atoms with E-state index in [0.717, 1.165) is 24.2 Å². The Balaban J connectivity index is 2.48. The number of carbonyl (C=O) groups is 2. The highest BCUT2D eigenvalue weighted by atomic mass is 32.2. The fourth-order valence-electron chi connectivity index (χ4n) is 1.72. The minimum atomic E-state index is -1.06. The number of carbonyl (C=O) groups excluding carboxylic acids is 1. The van der Waals surface area contributed by atoms with Gasteiger partial charge in [-0.25, -0.2) is 4.79 Å². The summed E-state index contributed by atoms with van der Waals surface area (Å²) < 4.78 is 0. The molecule has 5 nitrogen and oxygen atoms in total. The number of hydrogen-bond donors (Lipinski definition) is 3. The van der Waals surface area contributed by atoms with Crippen molar-refractivity contribution in [3.8, 4) is 5.75 Å². The van der Waals surface area contributed by atoms with Crippen LogP contribution in [-0.4, -0.2) is 39.6 Å². The lowest BCUT2D eigenvalue weighted by atomic mass is 10.1. The summed E-state index contributed by atoms with van der Waals surface area (Å²) in [5, 5.41) is 20.9. The van der Waals surface area contributed by atoms with Gasteiger partial charge in [0.2, 0.25) is 5.91 Å². The van der Waals surface area contributed by atoms with E-state index in [2.05, 4.69) is 12.2 Å². The van der Waals surface area contributed by atoms with E-state index >= 15 is 0 Å². The van der Waals surface area contributed by atoms with Crippen molar-refractivity contribution >= 4 is 23.6 Å². The summed E-state index contributed by atoms with van der Waals surface area (Å²) in [5.74, 6) is -0.0156. The first kappa shape index (κ1) is 17.4. The summed E-state index contributed by atoms with van der Waals surface area (Å²) in [5.41, 5.74) is 0.749. The molecule has 1 atom stereocenters. The average molecular weight is 311 g/mol. The topological polar surface area (TPSA) is 86.6 Å². The number of aliphatic carboxylic acids is 1. The van der Waals surface area contributed by atoms with Crippen molar-refractivity contribution in [2.45, 2.75) is 32.2 Å². The molecule has 0 fully saturated rings. The van der Waals surface area contributed by atoms with Gasteiger partial charge >= 0.3 is 5.97 Å². The number of phenols is 1. The van der Waals surface area contributed by atoms with Gasteiger partial charge in [-0.3, -0.25) is 4.79 Å². The van der Waals surface area contributed by atoms with Crippen molar-refractivity contribution in [2.75, 3.05) is 11.5 Å². The average Bonchev–Trinajstić information content (AvgIpc) is 2.45. The Kier molecular flexibility index (Phi) is 7.68. The molecule has 0 saturated heterocycles. The number of rotatable bonds is 9. The number of carboxylic acids is 1. The summed E-state index contributed by atoms with van der Waals surface area (Å²) in [7, 11) is 0. The molecular weight excluding hydrogens is 290 g/mol. The molecule has 0 bridgehead atoms. The molecule has 0 aliphatic heterocycles. The molecule has 0 heterocycles. The van der Waals surface area contributed by atoms with Crippen molar-refractivity contribution in [1.29, 1.82) is 0 Å². The fraction of sp³-hybridized carbons (Fsp3) is 0.467. The minimum absolute atomic E-state index is 0.127. The maximum atomic E-state index is 11.7. The molecule has 1 amide bonds. The monoisotopic (exact) mass is 311 g/mol. The number of aromatic hydroxyl groups is 1. The lowest BCUT2D eigenvalue weighted by Gasteiger charge is -2.14. The third-order valence-corrected chi connectivity index (χ3v) is 3.93. The van der Waals surface area contributed by atoms with Crippen molar-refractivity contribution in [2.24, 2.45) is 0 Å². The second-order valence-electron chi connectivity index (χ2n) is 4.74. The van der Waals surface area contributed by atoms with Crippen LogP contribution < -0.4 is 5.32 Å². The Hall–Kier alpha value is -1.69. The van der Waals surface area contributed by atoms with Crippen LogP contribution in [0.2, 0.25) is 0 Å². The highest BCUT2D eigenvalue weighted by molar-refractivity contribution is 7.99. The Labute approximate surface area is 128 Å². The molecule has 0 unspecified atom stereocenters. The van der Waals surface area contributed by atoms with E-state index in [1.165, 1.54) is 23.9 Å². The maximum absolute atomic E-state index is 11.7. The number of thioether (sulfide) groups is 1. The van der Waals surface area contributed by atoms with Gasteiger partial charge < -0.3 is 15.5 Å². The molecule has 1 aromatic rings. The summed E-state index contributed by atoms with van der Waals surface area (Å²) in [6.07, 6.45) is 2.32. The Morgan fingerprint density at radius 1 is 1.29 bits per heavy atom. The van der Waals surface area contributed by atoms with Crippen LogP contribution in [0.1, 0.15) is 25.3 Å². The number of hydrogen-bond acceptors (Lipinski definition) is 4. The third kappa shape index (κ3) is 7.04. The highest BCUT2D eigenvalue weighted by Crippen LogP contribution is 2.11. The van der Waals surface area contributed by atoms with Crippen molar-refractivity contribution in [3.63, 3.8) is 0 Å². The maximum Gasteiger partial charge on any atom is 0.326 e. The molecular formula is C15H21NO4S. The number of phenolic OH excluding ortho intramolecular Hbond substituents is 1. The quantitative estimate of drug-likeness (QED) is 0.608. The largest absolute Gasteiger partial charge is 0.508 e. The van der Waals surface area contributed by atoms with Crippen LogP contribution in [0.3, 0.4) is 0 Å². The van der Waals surface area contributed by atoms with Gasteiger partial charge in [-0.05, 0) is 29.9 Å². The first-order valence-corrected chi connectivity index (χ1v) is 8.06. The van der Waals surface area contributed by atoms with Gasteiger partial charge in [0, 0.05) is 6.42 Å². The summed E-state index contributed by atoms with van der Waals surface area (Å²) in [6, 6.07) is 5.34. The lowest BCUT2D eigenvalue weighted by Crippen LogP contribution is -2.43. The van der Waals surface area contributed by atoms with Gasteiger partial charge in [0.25, 0.3) is 0 Å². The smallest absolute Gasteiger partial charge is 0.326 e. The third-order valence-electron chi connectivity index (χ3n) is 2.88. The molecule has 0 aliphatic carbocycles. The highest BCUT2D eigenvalue weighted by Gasteiger charge is 2.20. The van der Waals surface area contributed by atoms with E-state index in [-0.39, 0.29) is 23.8 Å². The van der Waals surface area contributed by atoms with Gasteiger partial charge in [0.1, 0.15) is 11.8 Å². The van der Waals surface area contributed by atoms with Gasteiger partial charge in [0.15, 0.2) is 0 Å². The van der Waals surface area contributed by atoms with E-state index in [9.17, 15) is 19.8 Å². The Morgan fingerprint density at radius 2 is 1.95 bits per heavy atom. The molecule has 6 heteroatoms. The molecule has 0 aromatic heterocycles. The second-order valence-corrected chi connectivity index (χ2v) is 5.84. The second kappa shape index (κ2) is 9.28. The molecule has 3 N–H and O–H groups in total. The molecule has 0 aliphatic rings. The predicted octanol–water partition coefficient (Wildman–Crippen LogP) is 2.04. The van der Waals surface area contributed by atoms with E-state index < -0.39 is 12.0 Å². The molecule has 1 rings (SSSR count). The van der Waals surface area contributed by atoms with Gasteiger partial charge in [-0.1, -0.05) is 25.5 Å². The molecule has 0 radical (unpaired) electrons. The number of nitrogens with one attached hydrogen (secondary N) is 1. The molecule has 0 spiro atoms. The number of benzene rings is 1. The summed E-state index contributed by atoms with van der Waals surface area (Å²) in [6.45, 7) is 2.08. The number of amides is 1. The first-order valence-electron chi connectivity index (χ1n) is 6.90. The van der Waals surface area contributed by atoms with Crippen LogP contribution in [0, 0.1) is 0 Å². The standard InChI is InChI=1S/C15H21NO4S/c1-2-3-8-21-10-14(18)16-13(15(19)20)9-11-4-6-12(17)7-5-11/h4-7,13,17H,2-3,8-10H2,1H3,(H,16,18)(H,19,20)/t13-/m1/s1.